The van der Waals surface area contributed by atoms with E-state index in [1.165, 1.54) is 12.1 Å². The third kappa shape index (κ3) is 3.77. The molecule has 1 heterocycles. The lowest BCUT2D eigenvalue weighted by Crippen LogP contribution is -2.42. The lowest BCUT2D eigenvalue weighted by molar-refractivity contribution is -0.139. The Morgan fingerprint density at radius 3 is 2.30 bits per heavy atom. The zero-order valence-electron chi connectivity index (χ0n) is 15.6. The number of nitrogens with one attached hydrogen (secondary N) is 1. The number of rotatable bonds is 6. The maximum Gasteiger partial charge on any atom is 0.326 e. The largest absolute Gasteiger partial charge is 0.480 e. The third-order valence-corrected chi connectivity index (χ3v) is 4.80. The molecule has 3 aromatic carbocycles. The molecule has 0 bridgehead atoms. The van der Waals surface area contributed by atoms with Gasteiger partial charge in [-0.3, -0.25) is 9.59 Å². The molecule has 0 aliphatic rings. The summed E-state index contributed by atoms with van der Waals surface area (Å²) in [6.07, 6.45) is -0.427. The summed E-state index contributed by atoms with van der Waals surface area (Å²) in [5.74, 6) is -2.99. The normalized spacial score (nSPS) is 12.0. The number of hydrogen-bond donors (Lipinski definition) is 2. The van der Waals surface area contributed by atoms with E-state index in [0.717, 1.165) is 22.9 Å². The molecule has 0 fully saturated rings. The van der Waals surface area contributed by atoms with Gasteiger partial charge in [-0.15, -0.1) is 0 Å². The van der Waals surface area contributed by atoms with Crippen LogP contribution >= 0.6 is 0 Å². The van der Waals surface area contributed by atoms with Crippen LogP contribution in [-0.2, 0) is 4.79 Å². The highest BCUT2D eigenvalue weighted by Crippen LogP contribution is 2.29. The minimum atomic E-state index is -1.42. The average Bonchev–Trinajstić information content (AvgIpc) is 3.11. The van der Waals surface area contributed by atoms with Gasteiger partial charge in [0.05, 0.1) is 0 Å². The van der Waals surface area contributed by atoms with Gasteiger partial charge in [0.1, 0.15) is 23.0 Å². The molecule has 0 aliphatic carbocycles. The SMILES string of the molecule is O=C(CC(NC(=O)c1ccc(F)cc1)C(=O)O)c1ccc2oc3ccccc3c2c1. The molecule has 1 amide bonds. The monoisotopic (exact) mass is 405 g/mol. The van der Waals surface area contributed by atoms with Crippen LogP contribution in [0.4, 0.5) is 4.39 Å². The number of benzene rings is 3. The Morgan fingerprint density at radius 2 is 1.57 bits per heavy atom. The molecular formula is C23H16FNO5. The van der Waals surface area contributed by atoms with Crippen LogP contribution in [0, 0.1) is 5.82 Å². The second kappa shape index (κ2) is 7.79. The molecule has 0 saturated carbocycles. The number of carbonyl (C=O) groups excluding carboxylic acids is 2. The molecule has 7 heteroatoms. The van der Waals surface area contributed by atoms with Crippen LogP contribution in [-0.4, -0.2) is 28.8 Å². The zero-order valence-corrected chi connectivity index (χ0v) is 15.6. The van der Waals surface area contributed by atoms with Crippen molar-refractivity contribution in [3.63, 3.8) is 0 Å². The Balaban J connectivity index is 1.55. The van der Waals surface area contributed by atoms with Crippen molar-refractivity contribution in [1.29, 1.82) is 0 Å². The Morgan fingerprint density at radius 1 is 0.900 bits per heavy atom. The summed E-state index contributed by atoms with van der Waals surface area (Å²) in [6.45, 7) is 0. The second-order valence-electron chi connectivity index (χ2n) is 6.81. The lowest BCUT2D eigenvalue weighted by Gasteiger charge is -2.14. The first-order valence-electron chi connectivity index (χ1n) is 9.16. The molecule has 4 rings (SSSR count). The van der Waals surface area contributed by atoms with Gasteiger partial charge in [0.2, 0.25) is 0 Å². The number of furan rings is 1. The standard InChI is InChI=1S/C23H16FNO5/c24-15-8-5-13(6-9-15)22(27)25-18(23(28)29)12-19(26)14-7-10-21-17(11-14)16-3-1-2-4-20(16)30-21/h1-11,18H,12H2,(H,25,27)(H,28,29). The molecule has 1 unspecified atom stereocenters. The number of ketones is 1. The zero-order chi connectivity index (χ0) is 21.3. The number of carboxylic acids is 1. The summed E-state index contributed by atoms with van der Waals surface area (Å²) in [7, 11) is 0. The lowest BCUT2D eigenvalue weighted by atomic mass is 10.0. The van der Waals surface area contributed by atoms with Crippen molar-refractivity contribution in [2.24, 2.45) is 0 Å². The first kappa shape index (κ1) is 19.3. The van der Waals surface area contributed by atoms with Crippen molar-refractivity contribution in [1.82, 2.24) is 5.32 Å². The van der Waals surface area contributed by atoms with Gasteiger partial charge in [-0.05, 0) is 48.5 Å². The Kier molecular flexibility index (Phi) is 5.02. The van der Waals surface area contributed by atoms with Crippen LogP contribution < -0.4 is 5.32 Å². The predicted molar refractivity (Wildman–Crippen MR) is 108 cm³/mol. The number of hydrogen-bond acceptors (Lipinski definition) is 4. The molecule has 1 atom stereocenters. The summed E-state index contributed by atoms with van der Waals surface area (Å²) in [5, 5.41) is 13.4. The maximum atomic E-state index is 13.0. The fourth-order valence-electron chi connectivity index (χ4n) is 3.25. The first-order chi connectivity index (χ1) is 14.4. The highest BCUT2D eigenvalue weighted by atomic mass is 19.1. The minimum absolute atomic E-state index is 0.0985. The van der Waals surface area contributed by atoms with Crippen molar-refractivity contribution < 1.29 is 28.3 Å². The summed E-state index contributed by atoms with van der Waals surface area (Å²) in [4.78, 5) is 36.6. The van der Waals surface area contributed by atoms with Crippen LogP contribution in [0.2, 0.25) is 0 Å². The van der Waals surface area contributed by atoms with E-state index in [0.29, 0.717) is 16.7 Å². The number of fused-ring (bicyclic) bond motifs is 3. The molecule has 0 aliphatic heterocycles. The number of aliphatic carboxylic acids is 1. The van der Waals surface area contributed by atoms with E-state index in [1.807, 2.05) is 24.3 Å². The van der Waals surface area contributed by atoms with E-state index in [9.17, 15) is 23.9 Å². The van der Waals surface area contributed by atoms with Gasteiger partial charge in [-0.2, -0.15) is 0 Å². The smallest absolute Gasteiger partial charge is 0.326 e. The molecule has 0 spiro atoms. The molecule has 0 saturated heterocycles. The summed E-state index contributed by atoms with van der Waals surface area (Å²) in [6, 6.07) is 15.5. The highest BCUT2D eigenvalue weighted by molar-refractivity contribution is 6.09. The summed E-state index contributed by atoms with van der Waals surface area (Å²) >= 11 is 0. The second-order valence-corrected chi connectivity index (χ2v) is 6.81. The van der Waals surface area contributed by atoms with Gasteiger partial charge < -0.3 is 14.8 Å². The molecule has 2 N–H and O–H groups in total. The maximum absolute atomic E-state index is 13.0. The van der Waals surface area contributed by atoms with E-state index >= 15 is 0 Å². The van der Waals surface area contributed by atoms with E-state index in [4.69, 9.17) is 4.42 Å². The fourth-order valence-corrected chi connectivity index (χ4v) is 3.25. The van der Waals surface area contributed by atoms with Crippen molar-refractivity contribution >= 4 is 39.6 Å². The van der Waals surface area contributed by atoms with Gasteiger partial charge in [0, 0.05) is 28.3 Å². The molecule has 0 radical (unpaired) electrons. The van der Waals surface area contributed by atoms with Crippen molar-refractivity contribution in [2.75, 3.05) is 0 Å². The van der Waals surface area contributed by atoms with Crippen LogP contribution in [0.25, 0.3) is 21.9 Å². The summed E-state index contributed by atoms with van der Waals surface area (Å²) in [5.41, 5.74) is 1.72. The molecule has 30 heavy (non-hydrogen) atoms. The number of Topliss-reactive ketones (excluding diaryl/α,β-unsaturated/α-hetero) is 1. The quantitative estimate of drug-likeness (QED) is 0.469. The number of halogens is 1. The van der Waals surface area contributed by atoms with Crippen LogP contribution in [0.5, 0.6) is 0 Å². The van der Waals surface area contributed by atoms with Gasteiger partial charge in [-0.1, -0.05) is 18.2 Å². The topological polar surface area (TPSA) is 96.6 Å². The van der Waals surface area contributed by atoms with E-state index < -0.39 is 35.9 Å². The molecule has 150 valence electrons. The molecule has 1 aromatic heterocycles. The van der Waals surface area contributed by atoms with Gasteiger partial charge >= 0.3 is 5.97 Å². The van der Waals surface area contributed by atoms with Crippen molar-refractivity contribution in [3.8, 4) is 0 Å². The van der Waals surface area contributed by atoms with Crippen LogP contribution in [0.3, 0.4) is 0 Å². The third-order valence-electron chi connectivity index (χ3n) is 4.80. The minimum Gasteiger partial charge on any atom is -0.480 e. The van der Waals surface area contributed by atoms with Gasteiger partial charge in [-0.25, -0.2) is 9.18 Å². The number of amides is 1. The fraction of sp³-hybridized carbons (Fsp3) is 0.0870. The number of carbonyl (C=O) groups is 3. The number of carboxylic acid groups (broad SMARTS) is 1. The first-order valence-corrected chi connectivity index (χ1v) is 9.16. The van der Waals surface area contributed by atoms with Crippen LogP contribution in [0.1, 0.15) is 27.1 Å². The average molecular weight is 405 g/mol. The van der Waals surface area contributed by atoms with Gasteiger partial charge in [0.25, 0.3) is 5.91 Å². The van der Waals surface area contributed by atoms with Gasteiger partial charge in [0.15, 0.2) is 5.78 Å². The Labute approximate surface area is 169 Å². The molecular weight excluding hydrogens is 389 g/mol. The Hall–Kier alpha value is -4.00. The van der Waals surface area contributed by atoms with Crippen molar-refractivity contribution in [2.45, 2.75) is 12.5 Å². The number of para-hydroxylation sites is 1. The molecule has 6 nitrogen and oxygen atoms in total. The van der Waals surface area contributed by atoms with E-state index in [1.54, 1.807) is 18.2 Å². The van der Waals surface area contributed by atoms with E-state index in [2.05, 4.69) is 5.32 Å². The highest BCUT2D eigenvalue weighted by Gasteiger charge is 2.25. The predicted octanol–water partition coefficient (Wildman–Crippen LogP) is 4.18. The van der Waals surface area contributed by atoms with Crippen LogP contribution in [0.15, 0.2) is 71.1 Å². The molecule has 4 aromatic rings. The summed E-state index contributed by atoms with van der Waals surface area (Å²) < 4.78 is 18.7. The van der Waals surface area contributed by atoms with Crippen molar-refractivity contribution in [3.05, 3.63) is 83.7 Å². The van der Waals surface area contributed by atoms with E-state index in [-0.39, 0.29) is 5.56 Å². The Bertz CT molecular complexity index is 1280.